The lowest BCUT2D eigenvalue weighted by Crippen LogP contribution is -2.36. The molecular formula is C25H31N3O4. The van der Waals surface area contributed by atoms with E-state index in [0.717, 1.165) is 60.6 Å². The van der Waals surface area contributed by atoms with Crippen LogP contribution in [-0.4, -0.2) is 41.9 Å². The van der Waals surface area contributed by atoms with Gasteiger partial charge in [0.25, 0.3) is 0 Å². The Morgan fingerprint density at radius 3 is 2.88 bits per heavy atom. The maximum atomic E-state index is 12.5. The van der Waals surface area contributed by atoms with Crippen LogP contribution in [0.1, 0.15) is 44.5 Å². The lowest BCUT2D eigenvalue weighted by atomic mass is 10.2. The van der Waals surface area contributed by atoms with Crippen LogP contribution in [0.15, 0.2) is 48.5 Å². The summed E-state index contributed by atoms with van der Waals surface area (Å²) >= 11 is 0. The monoisotopic (exact) mass is 437 g/mol. The Morgan fingerprint density at radius 2 is 2.06 bits per heavy atom. The molecule has 1 fully saturated rings. The third-order valence-corrected chi connectivity index (χ3v) is 5.74. The van der Waals surface area contributed by atoms with Gasteiger partial charge in [0.1, 0.15) is 23.4 Å². The van der Waals surface area contributed by atoms with Crippen LogP contribution in [0.4, 0.5) is 0 Å². The Kier molecular flexibility index (Phi) is 7.27. The van der Waals surface area contributed by atoms with Crippen LogP contribution in [0.2, 0.25) is 0 Å². The molecule has 1 amide bonds. The van der Waals surface area contributed by atoms with Gasteiger partial charge in [0.2, 0.25) is 5.91 Å². The predicted molar refractivity (Wildman–Crippen MR) is 123 cm³/mol. The summed E-state index contributed by atoms with van der Waals surface area (Å²) in [5.41, 5.74) is 2.02. The summed E-state index contributed by atoms with van der Waals surface area (Å²) in [5.74, 6) is 2.41. The molecule has 7 nitrogen and oxygen atoms in total. The number of carbonyl (C=O) groups is 1. The molecule has 2 aromatic carbocycles. The molecule has 170 valence electrons. The van der Waals surface area contributed by atoms with Crippen molar-refractivity contribution in [1.82, 2.24) is 14.9 Å². The quantitative estimate of drug-likeness (QED) is 0.480. The second-order valence-corrected chi connectivity index (χ2v) is 8.08. The number of rotatable bonds is 10. The number of amides is 1. The van der Waals surface area contributed by atoms with Crippen LogP contribution >= 0.6 is 0 Å². The molecule has 1 aliphatic heterocycles. The van der Waals surface area contributed by atoms with Gasteiger partial charge in [0, 0.05) is 19.2 Å². The van der Waals surface area contributed by atoms with E-state index in [1.54, 1.807) is 7.11 Å². The molecule has 7 heteroatoms. The van der Waals surface area contributed by atoms with Crippen LogP contribution in [0.3, 0.4) is 0 Å². The first kappa shape index (κ1) is 22.1. The Hall–Kier alpha value is -3.06. The van der Waals surface area contributed by atoms with Crippen LogP contribution < -0.4 is 14.8 Å². The second kappa shape index (κ2) is 10.5. The van der Waals surface area contributed by atoms with Crippen LogP contribution in [0.25, 0.3) is 11.0 Å². The topological polar surface area (TPSA) is 74.6 Å². The zero-order chi connectivity index (χ0) is 22.3. The van der Waals surface area contributed by atoms with Crippen LogP contribution in [-0.2, 0) is 16.1 Å². The molecule has 1 aliphatic rings. The third-order valence-electron chi connectivity index (χ3n) is 5.74. The number of benzene rings is 2. The highest BCUT2D eigenvalue weighted by Crippen LogP contribution is 2.23. The van der Waals surface area contributed by atoms with Crippen molar-refractivity contribution in [2.75, 3.05) is 20.3 Å². The lowest BCUT2D eigenvalue weighted by Gasteiger charge is -2.18. The summed E-state index contributed by atoms with van der Waals surface area (Å²) in [5, 5.41) is 3.09. The molecule has 1 N–H and O–H groups in total. The Balaban J connectivity index is 1.38. The number of hydrogen-bond acceptors (Lipinski definition) is 5. The Morgan fingerprint density at radius 1 is 1.22 bits per heavy atom. The minimum Gasteiger partial charge on any atom is -0.497 e. The molecule has 0 radical (unpaired) electrons. The van der Waals surface area contributed by atoms with Gasteiger partial charge in [-0.1, -0.05) is 18.2 Å². The van der Waals surface area contributed by atoms with Crippen LogP contribution in [0, 0.1) is 0 Å². The molecule has 0 bridgehead atoms. The molecule has 4 rings (SSSR count). The molecule has 2 unspecified atom stereocenters. The van der Waals surface area contributed by atoms with Gasteiger partial charge in [-0.05, 0) is 56.9 Å². The van der Waals surface area contributed by atoms with Crippen molar-refractivity contribution < 1.29 is 19.0 Å². The van der Waals surface area contributed by atoms with Gasteiger partial charge in [0.05, 0.1) is 30.8 Å². The molecule has 3 aromatic rings. The number of imidazole rings is 1. The van der Waals surface area contributed by atoms with Gasteiger partial charge in [0.15, 0.2) is 0 Å². The first-order valence-electron chi connectivity index (χ1n) is 11.3. The molecule has 0 saturated carbocycles. The molecule has 0 aliphatic carbocycles. The molecular weight excluding hydrogens is 406 g/mol. The Bertz CT molecular complexity index is 1040. The zero-order valence-electron chi connectivity index (χ0n) is 18.8. The van der Waals surface area contributed by atoms with Gasteiger partial charge < -0.3 is 24.1 Å². The summed E-state index contributed by atoms with van der Waals surface area (Å²) in [4.78, 5) is 17.4. The smallest absolute Gasteiger partial charge is 0.249 e. The fraction of sp³-hybridized carbons (Fsp3) is 0.440. The summed E-state index contributed by atoms with van der Waals surface area (Å²) < 4.78 is 18.8. The van der Waals surface area contributed by atoms with E-state index in [4.69, 9.17) is 19.2 Å². The third kappa shape index (κ3) is 5.22. The minimum absolute atomic E-state index is 0.0553. The first-order chi connectivity index (χ1) is 15.7. The van der Waals surface area contributed by atoms with Crippen molar-refractivity contribution in [3.05, 3.63) is 54.4 Å². The molecule has 1 saturated heterocycles. The first-order valence-corrected chi connectivity index (χ1v) is 11.3. The largest absolute Gasteiger partial charge is 0.497 e. The Labute approximate surface area is 188 Å². The van der Waals surface area contributed by atoms with E-state index in [1.807, 2.05) is 49.4 Å². The average molecular weight is 438 g/mol. The van der Waals surface area contributed by atoms with Crippen molar-refractivity contribution in [3.8, 4) is 11.5 Å². The van der Waals surface area contributed by atoms with Crippen LogP contribution in [0.5, 0.6) is 11.5 Å². The molecule has 32 heavy (non-hydrogen) atoms. The normalized spacial score (nSPS) is 16.8. The molecule has 2 heterocycles. The number of fused-ring (bicyclic) bond motifs is 1. The number of methoxy groups -OCH3 is 1. The summed E-state index contributed by atoms with van der Waals surface area (Å²) in [6.07, 6.45) is 3.21. The highest BCUT2D eigenvalue weighted by atomic mass is 16.5. The van der Waals surface area contributed by atoms with E-state index < -0.39 is 0 Å². The van der Waals surface area contributed by atoms with E-state index >= 15 is 0 Å². The summed E-state index contributed by atoms with van der Waals surface area (Å²) in [6.45, 7) is 4.07. The van der Waals surface area contributed by atoms with E-state index in [0.29, 0.717) is 13.2 Å². The van der Waals surface area contributed by atoms with Gasteiger partial charge in [-0.25, -0.2) is 4.98 Å². The number of unbranched alkanes of at least 4 members (excludes halogenated alkanes) is 1. The highest BCUT2D eigenvalue weighted by Gasteiger charge is 2.26. The fourth-order valence-electron chi connectivity index (χ4n) is 4.07. The number of aromatic nitrogens is 2. The number of aryl methyl sites for hydroxylation is 1. The fourth-order valence-corrected chi connectivity index (χ4v) is 4.07. The van der Waals surface area contributed by atoms with Crippen molar-refractivity contribution in [2.24, 2.45) is 0 Å². The van der Waals surface area contributed by atoms with Gasteiger partial charge in [-0.3, -0.25) is 4.79 Å². The van der Waals surface area contributed by atoms with Gasteiger partial charge in [-0.2, -0.15) is 0 Å². The standard InChI is InChI=1S/C25H31N3O4/c1-18(26-25(29)23-13-8-16-32-23)24-27-21-11-3-4-12-22(21)28(24)14-5-6-15-31-20-10-7-9-19(17-20)30-2/h3-4,7,9-12,17-18,23H,5-6,8,13-16H2,1-2H3,(H,26,29). The van der Waals surface area contributed by atoms with E-state index in [9.17, 15) is 4.79 Å². The minimum atomic E-state index is -0.343. The summed E-state index contributed by atoms with van der Waals surface area (Å²) in [6, 6.07) is 15.5. The average Bonchev–Trinajstić information content (AvgIpc) is 3.48. The number of hydrogen-bond donors (Lipinski definition) is 1. The summed E-state index contributed by atoms with van der Waals surface area (Å²) in [7, 11) is 1.65. The van der Waals surface area contributed by atoms with E-state index in [1.165, 1.54) is 0 Å². The van der Waals surface area contributed by atoms with Gasteiger partial charge >= 0.3 is 0 Å². The highest BCUT2D eigenvalue weighted by molar-refractivity contribution is 5.81. The maximum Gasteiger partial charge on any atom is 0.249 e. The zero-order valence-corrected chi connectivity index (χ0v) is 18.8. The van der Waals surface area contributed by atoms with Crippen molar-refractivity contribution >= 4 is 16.9 Å². The predicted octanol–water partition coefficient (Wildman–Crippen LogP) is 4.26. The molecule has 1 aromatic heterocycles. The van der Waals surface area contributed by atoms with Gasteiger partial charge in [-0.15, -0.1) is 0 Å². The number of nitrogens with one attached hydrogen (secondary N) is 1. The lowest BCUT2D eigenvalue weighted by molar-refractivity contribution is -0.130. The molecule has 0 spiro atoms. The molecule has 2 atom stereocenters. The van der Waals surface area contributed by atoms with E-state index in [-0.39, 0.29) is 18.1 Å². The SMILES string of the molecule is COc1cccc(OCCCCn2c(C(C)NC(=O)C3CCCO3)nc3ccccc32)c1. The van der Waals surface area contributed by atoms with Crippen molar-refractivity contribution in [2.45, 2.75) is 51.3 Å². The number of carbonyl (C=O) groups excluding carboxylic acids is 1. The van der Waals surface area contributed by atoms with E-state index in [2.05, 4.69) is 16.0 Å². The van der Waals surface area contributed by atoms with Crippen molar-refractivity contribution in [1.29, 1.82) is 0 Å². The maximum absolute atomic E-state index is 12.5. The number of ether oxygens (including phenoxy) is 3. The van der Waals surface area contributed by atoms with Crippen molar-refractivity contribution in [3.63, 3.8) is 0 Å². The number of nitrogens with zero attached hydrogens (tertiary/aromatic N) is 2. The second-order valence-electron chi connectivity index (χ2n) is 8.08. The number of para-hydroxylation sites is 2.